The Morgan fingerprint density at radius 2 is 2.31 bits per heavy atom. The maximum absolute atomic E-state index is 4.37. The van der Waals surface area contributed by atoms with Crippen LogP contribution in [0.3, 0.4) is 0 Å². The summed E-state index contributed by atoms with van der Waals surface area (Å²) in [6.45, 7) is 4.83. The molecule has 0 aromatic carbocycles. The predicted molar refractivity (Wildman–Crippen MR) is 52.9 cm³/mol. The molecule has 0 aliphatic heterocycles. The second-order valence-electron chi connectivity index (χ2n) is 3.10. The number of hydrogen-bond acceptors (Lipinski definition) is 3. The van der Waals surface area contributed by atoms with Gasteiger partial charge in [0.1, 0.15) is 5.01 Å². The van der Waals surface area contributed by atoms with Gasteiger partial charge in [0.25, 0.3) is 0 Å². The molecule has 2 aromatic heterocycles. The zero-order valence-electron chi connectivity index (χ0n) is 7.69. The minimum absolute atomic E-state index is 0.784. The van der Waals surface area contributed by atoms with Crippen molar-refractivity contribution in [3.8, 4) is 0 Å². The van der Waals surface area contributed by atoms with Gasteiger partial charge < -0.3 is 0 Å². The fourth-order valence-electron chi connectivity index (χ4n) is 1.17. The van der Waals surface area contributed by atoms with Crippen molar-refractivity contribution in [2.24, 2.45) is 0 Å². The van der Waals surface area contributed by atoms with E-state index in [4.69, 9.17) is 0 Å². The van der Waals surface area contributed by atoms with Crippen molar-refractivity contribution in [2.45, 2.75) is 20.4 Å². The Hall–Kier alpha value is -1.16. The number of aryl methyl sites for hydroxylation is 2. The minimum atomic E-state index is 0.784. The maximum atomic E-state index is 4.37. The van der Waals surface area contributed by atoms with Crippen LogP contribution >= 0.6 is 11.3 Å². The molecule has 13 heavy (non-hydrogen) atoms. The average Bonchev–Trinajstić information content (AvgIpc) is 2.62. The van der Waals surface area contributed by atoms with Crippen LogP contribution in [0.2, 0.25) is 0 Å². The smallest absolute Gasteiger partial charge is 0.114 e. The third kappa shape index (κ3) is 1.95. The van der Waals surface area contributed by atoms with E-state index in [1.807, 2.05) is 30.9 Å². The van der Waals surface area contributed by atoms with Gasteiger partial charge in [-0.25, -0.2) is 4.98 Å². The molecule has 0 bridgehead atoms. The second kappa shape index (κ2) is 3.30. The van der Waals surface area contributed by atoms with E-state index in [2.05, 4.69) is 15.5 Å². The molecule has 0 unspecified atom stereocenters. The first kappa shape index (κ1) is 8.44. The Bertz CT molecular complexity index is 364. The van der Waals surface area contributed by atoms with Crippen molar-refractivity contribution in [3.63, 3.8) is 0 Å². The van der Waals surface area contributed by atoms with Gasteiger partial charge in [-0.2, -0.15) is 5.10 Å². The van der Waals surface area contributed by atoms with Crippen LogP contribution in [0.5, 0.6) is 0 Å². The highest BCUT2D eigenvalue weighted by Gasteiger charge is 2.00. The van der Waals surface area contributed by atoms with Gasteiger partial charge in [-0.3, -0.25) is 4.68 Å². The molecule has 68 valence electrons. The Kier molecular flexibility index (Phi) is 2.14. The van der Waals surface area contributed by atoms with Gasteiger partial charge in [0.05, 0.1) is 12.7 Å². The number of nitrogens with zero attached hydrogens (tertiary/aromatic N) is 3. The summed E-state index contributed by atoms with van der Waals surface area (Å²) in [6.07, 6.45) is 3.89. The average molecular weight is 193 g/mol. The highest BCUT2D eigenvalue weighted by Crippen LogP contribution is 2.10. The Labute approximate surface area is 81.1 Å². The molecule has 2 aromatic rings. The summed E-state index contributed by atoms with van der Waals surface area (Å²) in [5.74, 6) is 0. The summed E-state index contributed by atoms with van der Waals surface area (Å²) in [4.78, 5) is 4.37. The van der Waals surface area contributed by atoms with Crippen LogP contribution in [0.4, 0.5) is 0 Å². The Morgan fingerprint density at radius 1 is 1.46 bits per heavy atom. The Morgan fingerprint density at radius 3 is 2.85 bits per heavy atom. The van der Waals surface area contributed by atoms with Gasteiger partial charge >= 0.3 is 0 Å². The SMILES string of the molecule is Cc1cnn(Cc2nc(C)cs2)c1. The van der Waals surface area contributed by atoms with E-state index in [0.29, 0.717) is 0 Å². The molecule has 0 spiro atoms. The third-order valence-corrected chi connectivity index (χ3v) is 2.68. The predicted octanol–water partition coefficient (Wildman–Crippen LogP) is 2.00. The van der Waals surface area contributed by atoms with Crippen LogP contribution < -0.4 is 0 Å². The fraction of sp³-hybridized carbons (Fsp3) is 0.333. The molecule has 0 N–H and O–H groups in total. The lowest BCUT2D eigenvalue weighted by molar-refractivity contribution is 0.682. The van der Waals surface area contributed by atoms with Crippen LogP contribution in [0, 0.1) is 13.8 Å². The molecule has 2 rings (SSSR count). The first-order valence-electron chi connectivity index (χ1n) is 4.14. The summed E-state index contributed by atoms with van der Waals surface area (Å²) >= 11 is 1.68. The van der Waals surface area contributed by atoms with Crippen molar-refractivity contribution in [2.75, 3.05) is 0 Å². The topological polar surface area (TPSA) is 30.7 Å². The first-order valence-corrected chi connectivity index (χ1v) is 5.02. The van der Waals surface area contributed by atoms with E-state index in [-0.39, 0.29) is 0 Å². The molecule has 0 atom stereocenters. The van der Waals surface area contributed by atoms with Crippen molar-refractivity contribution < 1.29 is 0 Å². The van der Waals surface area contributed by atoms with Crippen LogP contribution in [0.1, 0.15) is 16.3 Å². The summed E-state index contributed by atoms with van der Waals surface area (Å²) in [5, 5.41) is 7.38. The van der Waals surface area contributed by atoms with E-state index in [0.717, 1.165) is 17.2 Å². The lowest BCUT2D eigenvalue weighted by Crippen LogP contribution is -1.99. The van der Waals surface area contributed by atoms with E-state index in [1.54, 1.807) is 11.3 Å². The molecule has 0 radical (unpaired) electrons. The molecule has 3 nitrogen and oxygen atoms in total. The second-order valence-corrected chi connectivity index (χ2v) is 4.04. The normalized spacial score (nSPS) is 10.6. The fourth-order valence-corrected chi connectivity index (χ4v) is 1.93. The molecule has 0 aliphatic rings. The molecule has 2 heterocycles. The Balaban J connectivity index is 2.14. The quantitative estimate of drug-likeness (QED) is 0.730. The molecule has 0 saturated carbocycles. The van der Waals surface area contributed by atoms with Crippen LogP contribution in [-0.4, -0.2) is 14.8 Å². The molecule has 0 amide bonds. The van der Waals surface area contributed by atoms with E-state index < -0.39 is 0 Å². The van der Waals surface area contributed by atoms with Crippen molar-refractivity contribution in [1.82, 2.24) is 14.8 Å². The largest absolute Gasteiger partial charge is 0.266 e. The van der Waals surface area contributed by atoms with Crippen molar-refractivity contribution in [1.29, 1.82) is 0 Å². The van der Waals surface area contributed by atoms with Gasteiger partial charge in [-0.1, -0.05) is 0 Å². The number of aromatic nitrogens is 3. The number of rotatable bonds is 2. The highest BCUT2D eigenvalue weighted by molar-refractivity contribution is 7.09. The van der Waals surface area contributed by atoms with Gasteiger partial charge in [0.2, 0.25) is 0 Å². The molecule has 0 saturated heterocycles. The molecular formula is C9H11N3S. The van der Waals surface area contributed by atoms with E-state index >= 15 is 0 Å². The van der Waals surface area contributed by atoms with E-state index in [1.165, 1.54) is 5.56 Å². The highest BCUT2D eigenvalue weighted by atomic mass is 32.1. The zero-order valence-corrected chi connectivity index (χ0v) is 8.51. The van der Waals surface area contributed by atoms with Crippen LogP contribution in [0.15, 0.2) is 17.8 Å². The number of thiazole rings is 1. The molecule has 0 aliphatic carbocycles. The molecule has 4 heteroatoms. The zero-order chi connectivity index (χ0) is 9.26. The van der Waals surface area contributed by atoms with Gasteiger partial charge in [0, 0.05) is 17.3 Å². The van der Waals surface area contributed by atoms with Crippen molar-refractivity contribution >= 4 is 11.3 Å². The third-order valence-electron chi connectivity index (χ3n) is 1.73. The number of hydrogen-bond donors (Lipinski definition) is 0. The monoisotopic (exact) mass is 193 g/mol. The van der Waals surface area contributed by atoms with Gasteiger partial charge in [-0.15, -0.1) is 11.3 Å². The first-order chi connectivity index (χ1) is 6.24. The maximum Gasteiger partial charge on any atom is 0.114 e. The standard InChI is InChI=1S/C9H11N3S/c1-7-3-10-12(4-7)5-9-11-8(2)6-13-9/h3-4,6H,5H2,1-2H3. The minimum Gasteiger partial charge on any atom is -0.266 e. The lowest BCUT2D eigenvalue weighted by Gasteiger charge is -1.95. The molecule has 0 fully saturated rings. The summed E-state index contributed by atoms with van der Waals surface area (Å²) < 4.78 is 1.91. The van der Waals surface area contributed by atoms with Crippen LogP contribution in [-0.2, 0) is 6.54 Å². The van der Waals surface area contributed by atoms with Crippen molar-refractivity contribution in [3.05, 3.63) is 34.0 Å². The van der Waals surface area contributed by atoms with Gasteiger partial charge in [-0.05, 0) is 19.4 Å². The molecular weight excluding hydrogens is 182 g/mol. The summed E-state index contributed by atoms with van der Waals surface area (Å²) in [5.41, 5.74) is 2.28. The van der Waals surface area contributed by atoms with Crippen LogP contribution in [0.25, 0.3) is 0 Å². The summed E-state index contributed by atoms with van der Waals surface area (Å²) in [7, 11) is 0. The summed E-state index contributed by atoms with van der Waals surface area (Å²) in [6, 6.07) is 0. The van der Waals surface area contributed by atoms with E-state index in [9.17, 15) is 0 Å². The van der Waals surface area contributed by atoms with Gasteiger partial charge in [0.15, 0.2) is 0 Å². The lowest BCUT2D eigenvalue weighted by atomic mass is 10.4.